The molecule has 25 heavy (non-hydrogen) atoms. The number of para-hydroxylation sites is 1. The molecule has 0 saturated carbocycles. The van der Waals surface area contributed by atoms with Crippen molar-refractivity contribution < 1.29 is 4.79 Å². The van der Waals surface area contributed by atoms with Crippen molar-refractivity contribution in [3.63, 3.8) is 0 Å². The Balaban J connectivity index is 2.08. The zero-order valence-electron chi connectivity index (χ0n) is 13.9. The van der Waals surface area contributed by atoms with E-state index >= 15 is 0 Å². The molecule has 0 atom stereocenters. The molecule has 122 valence electrons. The Morgan fingerprint density at radius 3 is 2.52 bits per heavy atom. The summed E-state index contributed by atoms with van der Waals surface area (Å²) in [4.78, 5) is 18.9. The van der Waals surface area contributed by atoms with Gasteiger partial charge in [0.25, 0.3) is 5.91 Å². The topological polar surface area (TPSA) is 57.0 Å². The Kier molecular flexibility index (Phi) is 4.87. The van der Waals surface area contributed by atoms with Gasteiger partial charge in [-0.3, -0.25) is 9.78 Å². The number of hydrogen-bond donors (Lipinski definition) is 0. The number of nitrogens with zero attached hydrogens (tertiary/aromatic N) is 3. The number of hydrogen-bond acceptors (Lipinski definition) is 3. The van der Waals surface area contributed by atoms with E-state index in [0.29, 0.717) is 23.4 Å². The minimum atomic E-state index is -0.147. The van der Waals surface area contributed by atoms with Crippen LogP contribution in [0.2, 0.25) is 0 Å². The van der Waals surface area contributed by atoms with Crippen LogP contribution in [0.3, 0.4) is 0 Å². The number of aromatic nitrogens is 1. The van der Waals surface area contributed by atoms with E-state index in [2.05, 4.69) is 11.1 Å². The molecule has 0 aliphatic rings. The first-order valence-electron chi connectivity index (χ1n) is 7.96. The maximum Gasteiger partial charge on any atom is 0.259 e. The molecule has 0 radical (unpaired) electrons. The number of carbonyl (C=O) groups is 1. The lowest BCUT2D eigenvalue weighted by Crippen LogP contribution is -2.31. The number of carbonyl (C=O) groups excluding carboxylic acids is 1. The number of aryl methyl sites for hydroxylation is 1. The molecule has 1 amide bonds. The normalized spacial score (nSPS) is 10.1. The lowest BCUT2D eigenvalue weighted by atomic mass is 10.1. The Morgan fingerprint density at radius 1 is 1.08 bits per heavy atom. The van der Waals surface area contributed by atoms with Crippen LogP contribution in [0.1, 0.15) is 27.0 Å². The standard InChI is InChI=1S/C21H17N3O/c1-16-14-23-12-11-19(16)21(25)24(15-17-7-3-2-4-8-17)20-10-6-5-9-18(20)13-22/h2-12,14H,15H2,1H3. The van der Waals surface area contributed by atoms with Crippen LogP contribution in [0, 0.1) is 18.3 Å². The van der Waals surface area contributed by atoms with Crippen molar-refractivity contribution in [3.8, 4) is 6.07 Å². The first kappa shape index (κ1) is 16.4. The molecule has 3 aromatic rings. The maximum absolute atomic E-state index is 13.2. The second-order valence-electron chi connectivity index (χ2n) is 5.70. The highest BCUT2D eigenvalue weighted by atomic mass is 16.2. The van der Waals surface area contributed by atoms with Crippen molar-refractivity contribution in [1.29, 1.82) is 5.26 Å². The van der Waals surface area contributed by atoms with Gasteiger partial charge in [-0.25, -0.2) is 0 Å². The Morgan fingerprint density at radius 2 is 1.80 bits per heavy atom. The SMILES string of the molecule is Cc1cnccc1C(=O)N(Cc1ccccc1)c1ccccc1C#N. The molecule has 0 aliphatic carbocycles. The summed E-state index contributed by atoms with van der Waals surface area (Å²) >= 11 is 0. The molecule has 0 fully saturated rings. The number of anilines is 1. The summed E-state index contributed by atoms with van der Waals surface area (Å²) < 4.78 is 0. The molecule has 0 bridgehead atoms. The van der Waals surface area contributed by atoms with Crippen LogP contribution < -0.4 is 4.90 Å². The van der Waals surface area contributed by atoms with E-state index in [4.69, 9.17) is 0 Å². The third-order valence-corrected chi connectivity index (χ3v) is 3.99. The predicted molar refractivity (Wildman–Crippen MR) is 97.1 cm³/mol. The maximum atomic E-state index is 13.2. The molecule has 4 heteroatoms. The molecule has 4 nitrogen and oxygen atoms in total. The van der Waals surface area contributed by atoms with Crippen molar-refractivity contribution in [2.75, 3.05) is 4.90 Å². The van der Waals surface area contributed by atoms with Crippen LogP contribution in [0.4, 0.5) is 5.69 Å². The van der Waals surface area contributed by atoms with Gasteiger partial charge in [-0.15, -0.1) is 0 Å². The summed E-state index contributed by atoms with van der Waals surface area (Å²) in [6.45, 7) is 2.25. The summed E-state index contributed by atoms with van der Waals surface area (Å²) in [6.07, 6.45) is 3.28. The fourth-order valence-electron chi connectivity index (χ4n) is 2.69. The highest BCUT2D eigenvalue weighted by Crippen LogP contribution is 2.24. The van der Waals surface area contributed by atoms with Gasteiger partial charge in [-0.05, 0) is 36.2 Å². The van der Waals surface area contributed by atoms with E-state index in [9.17, 15) is 10.1 Å². The molecule has 3 rings (SSSR count). The molecule has 0 spiro atoms. The Hall–Kier alpha value is -3.45. The molecule has 0 N–H and O–H groups in total. The largest absolute Gasteiger partial charge is 0.303 e. The van der Waals surface area contributed by atoms with E-state index in [1.807, 2.05) is 43.3 Å². The van der Waals surface area contributed by atoms with Crippen LogP contribution in [-0.4, -0.2) is 10.9 Å². The van der Waals surface area contributed by atoms with Gasteiger partial charge in [0.2, 0.25) is 0 Å². The van der Waals surface area contributed by atoms with Crippen molar-refractivity contribution in [3.05, 3.63) is 95.3 Å². The van der Waals surface area contributed by atoms with Gasteiger partial charge in [0.1, 0.15) is 6.07 Å². The zero-order chi connectivity index (χ0) is 17.6. The van der Waals surface area contributed by atoms with Gasteiger partial charge in [0, 0.05) is 18.0 Å². The molecular formula is C21H17N3O. The molecule has 1 heterocycles. The third kappa shape index (κ3) is 3.56. The third-order valence-electron chi connectivity index (χ3n) is 3.99. The molecular weight excluding hydrogens is 310 g/mol. The highest BCUT2D eigenvalue weighted by Gasteiger charge is 2.22. The predicted octanol–water partition coefficient (Wildman–Crippen LogP) is 4.11. The van der Waals surface area contributed by atoms with Crippen LogP contribution in [0.15, 0.2) is 73.1 Å². The lowest BCUT2D eigenvalue weighted by molar-refractivity contribution is 0.0984. The minimum Gasteiger partial charge on any atom is -0.303 e. The summed E-state index contributed by atoms with van der Waals surface area (Å²) in [5, 5.41) is 9.44. The zero-order valence-corrected chi connectivity index (χ0v) is 13.9. The number of benzene rings is 2. The molecule has 0 saturated heterocycles. The summed E-state index contributed by atoms with van der Waals surface area (Å²) in [5.41, 5.74) is 3.46. The average Bonchev–Trinajstić information content (AvgIpc) is 2.67. The second kappa shape index (κ2) is 7.41. The number of pyridine rings is 1. The van der Waals surface area contributed by atoms with Gasteiger partial charge < -0.3 is 4.90 Å². The monoisotopic (exact) mass is 327 g/mol. The first-order chi connectivity index (χ1) is 12.2. The van der Waals surface area contributed by atoms with Crippen molar-refractivity contribution >= 4 is 11.6 Å². The first-order valence-corrected chi connectivity index (χ1v) is 7.96. The lowest BCUT2D eigenvalue weighted by Gasteiger charge is -2.24. The van der Waals surface area contributed by atoms with Crippen molar-refractivity contribution in [2.24, 2.45) is 0 Å². The fraction of sp³-hybridized carbons (Fsp3) is 0.0952. The molecule has 0 unspecified atom stereocenters. The van der Waals surface area contributed by atoms with Crippen LogP contribution in [0.5, 0.6) is 0 Å². The highest BCUT2D eigenvalue weighted by molar-refractivity contribution is 6.07. The van der Waals surface area contributed by atoms with E-state index in [-0.39, 0.29) is 5.91 Å². The summed E-state index contributed by atoms with van der Waals surface area (Å²) in [5.74, 6) is -0.147. The van der Waals surface area contributed by atoms with Crippen LogP contribution in [0.25, 0.3) is 0 Å². The number of rotatable bonds is 4. The van der Waals surface area contributed by atoms with Crippen molar-refractivity contribution in [1.82, 2.24) is 4.98 Å². The van der Waals surface area contributed by atoms with Crippen LogP contribution >= 0.6 is 0 Å². The molecule has 1 aromatic heterocycles. The summed E-state index contributed by atoms with van der Waals surface area (Å²) in [7, 11) is 0. The van der Waals surface area contributed by atoms with Gasteiger partial charge >= 0.3 is 0 Å². The number of amides is 1. The smallest absolute Gasteiger partial charge is 0.259 e. The van der Waals surface area contributed by atoms with Gasteiger partial charge in [-0.2, -0.15) is 5.26 Å². The van der Waals surface area contributed by atoms with Gasteiger partial charge in [-0.1, -0.05) is 42.5 Å². The van der Waals surface area contributed by atoms with Crippen molar-refractivity contribution in [2.45, 2.75) is 13.5 Å². The Labute approximate surface area is 147 Å². The van der Waals surface area contributed by atoms with E-state index in [1.165, 1.54) is 0 Å². The van der Waals surface area contributed by atoms with E-state index < -0.39 is 0 Å². The van der Waals surface area contributed by atoms with E-state index in [0.717, 1.165) is 11.1 Å². The van der Waals surface area contributed by atoms with Crippen LogP contribution in [-0.2, 0) is 6.54 Å². The van der Waals surface area contributed by atoms with Gasteiger partial charge in [0.15, 0.2) is 0 Å². The van der Waals surface area contributed by atoms with E-state index in [1.54, 1.807) is 41.6 Å². The average molecular weight is 327 g/mol. The minimum absolute atomic E-state index is 0.147. The molecule has 0 aliphatic heterocycles. The quantitative estimate of drug-likeness (QED) is 0.724. The fourth-order valence-corrected chi connectivity index (χ4v) is 2.69. The van der Waals surface area contributed by atoms with Gasteiger partial charge in [0.05, 0.1) is 17.8 Å². The molecule has 2 aromatic carbocycles. The summed E-state index contributed by atoms with van der Waals surface area (Å²) in [6, 6.07) is 20.8. The number of nitriles is 1. The second-order valence-corrected chi connectivity index (χ2v) is 5.70. The Bertz CT molecular complexity index is 929.